The summed E-state index contributed by atoms with van der Waals surface area (Å²) >= 11 is 12.4. The lowest BCUT2D eigenvalue weighted by atomic mass is 10.1. The van der Waals surface area contributed by atoms with E-state index in [-0.39, 0.29) is 24.8 Å². The first-order valence-corrected chi connectivity index (χ1v) is 13.0. The first-order valence-electron chi connectivity index (χ1n) is 12.1. The van der Waals surface area contributed by atoms with E-state index in [1.807, 2.05) is 4.90 Å². The summed E-state index contributed by atoms with van der Waals surface area (Å²) < 4.78 is 39.7. The van der Waals surface area contributed by atoms with Gasteiger partial charge in [0, 0.05) is 54.9 Å². The maximum atomic E-state index is 13.2. The number of aliphatic hydroxyl groups excluding tert-OH is 1. The van der Waals surface area contributed by atoms with E-state index in [1.165, 1.54) is 13.0 Å². The zero-order chi connectivity index (χ0) is 28.9. The normalized spacial score (nSPS) is 18.8. The lowest BCUT2D eigenvalue weighted by Gasteiger charge is -2.37. The van der Waals surface area contributed by atoms with Crippen molar-refractivity contribution in [3.05, 3.63) is 71.5 Å². The Kier molecular flexibility index (Phi) is 14.7. The molecule has 1 N–H and O–H groups in total. The molecule has 0 aromatic carbocycles. The molecule has 1 aliphatic heterocycles. The number of hydrogen-bond acceptors (Lipinski definition) is 5. The van der Waals surface area contributed by atoms with E-state index in [2.05, 4.69) is 24.1 Å². The number of nitriles is 1. The third kappa shape index (κ3) is 10.1. The van der Waals surface area contributed by atoms with Gasteiger partial charge in [0.15, 0.2) is 0 Å². The van der Waals surface area contributed by atoms with Crippen molar-refractivity contribution in [1.82, 2.24) is 14.7 Å². The van der Waals surface area contributed by atoms with Crippen molar-refractivity contribution in [3.8, 4) is 6.07 Å². The largest absolute Gasteiger partial charge is 0.416 e. The molecule has 0 bridgehead atoms. The van der Waals surface area contributed by atoms with Crippen LogP contribution in [0, 0.1) is 17.2 Å². The number of aliphatic imine (C=N–C) groups is 1. The maximum absolute atomic E-state index is 13.2. The first-order chi connectivity index (χ1) is 17.9. The van der Waals surface area contributed by atoms with E-state index in [4.69, 9.17) is 33.5 Å². The minimum atomic E-state index is -4.49. The van der Waals surface area contributed by atoms with Crippen LogP contribution in [0.15, 0.2) is 76.5 Å². The van der Waals surface area contributed by atoms with Gasteiger partial charge in [-0.3, -0.25) is 14.8 Å². The standard InChI is InChI=1S/C27H36Cl2F3N5O/c1-6-13-37(21(5)9-10-22(7-2)27(30,31)32)25(23(8-3)24(29)11-12-28)34-19-35-14-16-36(17-15-35)26(38)20(4)18-33/h6-11,20,26,38H,1,5,12-17,19H2,2-4H3/b10-9-,22-7+,23-8+,24-11+,34-25-. The Morgan fingerprint density at radius 2 is 1.84 bits per heavy atom. The van der Waals surface area contributed by atoms with Crippen molar-refractivity contribution in [2.45, 2.75) is 33.2 Å². The van der Waals surface area contributed by atoms with Gasteiger partial charge in [0.25, 0.3) is 0 Å². The number of hydrogen-bond donors (Lipinski definition) is 1. The van der Waals surface area contributed by atoms with Crippen LogP contribution in [0.25, 0.3) is 0 Å². The molecule has 2 unspecified atom stereocenters. The highest BCUT2D eigenvalue weighted by atomic mass is 35.5. The van der Waals surface area contributed by atoms with Crippen LogP contribution in [0.3, 0.4) is 0 Å². The van der Waals surface area contributed by atoms with Gasteiger partial charge in [-0.2, -0.15) is 18.4 Å². The molecule has 0 aromatic heterocycles. The number of aliphatic hydroxyl groups is 1. The summed E-state index contributed by atoms with van der Waals surface area (Å²) in [6.45, 7) is 15.3. The Balaban J connectivity index is 3.30. The minimum absolute atomic E-state index is 0.160. The van der Waals surface area contributed by atoms with Gasteiger partial charge in [0.1, 0.15) is 12.1 Å². The molecule has 2 atom stereocenters. The third-order valence-corrected chi connectivity index (χ3v) is 6.42. The molecule has 11 heteroatoms. The predicted octanol–water partition coefficient (Wildman–Crippen LogP) is 5.81. The fourth-order valence-electron chi connectivity index (χ4n) is 3.69. The van der Waals surface area contributed by atoms with Crippen LogP contribution in [-0.4, -0.2) is 83.3 Å². The lowest BCUT2D eigenvalue weighted by molar-refractivity contribution is -0.0883. The van der Waals surface area contributed by atoms with E-state index >= 15 is 0 Å². The Labute approximate surface area is 234 Å². The fourth-order valence-corrected chi connectivity index (χ4v) is 4.19. The van der Waals surface area contributed by atoms with E-state index in [1.54, 1.807) is 37.0 Å². The maximum Gasteiger partial charge on any atom is 0.416 e. The molecule has 0 aromatic rings. The molecule has 0 saturated carbocycles. The van der Waals surface area contributed by atoms with Crippen molar-refractivity contribution in [2.24, 2.45) is 10.9 Å². The summed E-state index contributed by atoms with van der Waals surface area (Å²) in [5.41, 5.74) is 0.0101. The molecule has 1 fully saturated rings. The number of alkyl halides is 4. The van der Waals surface area contributed by atoms with Gasteiger partial charge < -0.3 is 10.0 Å². The SMILES string of the molecule is C=CCN(C(=C)/C=C\C(=C/C)C(F)(F)F)C(=N\CN1CCN(C(O)C(C)C#N)CC1)/C(=C/C)C(/Cl)=C\CCl. The van der Waals surface area contributed by atoms with Crippen LogP contribution in [0.1, 0.15) is 20.8 Å². The Bertz CT molecular complexity index is 1000. The summed E-state index contributed by atoms with van der Waals surface area (Å²) in [7, 11) is 0. The van der Waals surface area contributed by atoms with Crippen molar-refractivity contribution < 1.29 is 18.3 Å². The van der Waals surface area contributed by atoms with Crippen LogP contribution in [0.2, 0.25) is 0 Å². The topological polar surface area (TPSA) is 66.1 Å². The second kappa shape index (κ2) is 16.6. The number of piperazine rings is 1. The number of rotatable bonds is 12. The summed E-state index contributed by atoms with van der Waals surface area (Å²) in [6.07, 6.45) is 2.86. The van der Waals surface area contributed by atoms with Crippen molar-refractivity contribution in [2.75, 3.05) is 45.3 Å². The minimum Gasteiger partial charge on any atom is -0.377 e. The summed E-state index contributed by atoms with van der Waals surface area (Å²) in [4.78, 5) is 10.4. The Hall–Kier alpha value is -2.35. The summed E-state index contributed by atoms with van der Waals surface area (Å²) in [5.74, 6) is 0.0576. The fraction of sp³-hybridized carbons (Fsp3) is 0.481. The van der Waals surface area contributed by atoms with Crippen molar-refractivity contribution in [3.63, 3.8) is 0 Å². The van der Waals surface area contributed by atoms with Gasteiger partial charge in [-0.1, -0.05) is 42.5 Å². The van der Waals surface area contributed by atoms with Gasteiger partial charge in [-0.05, 0) is 32.9 Å². The monoisotopic (exact) mass is 573 g/mol. The van der Waals surface area contributed by atoms with Crippen LogP contribution in [0.5, 0.6) is 0 Å². The number of allylic oxidation sites excluding steroid dienone is 6. The van der Waals surface area contributed by atoms with Crippen LogP contribution in [-0.2, 0) is 0 Å². The third-order valence-electron chi connectivity index (χ3n) is 5.90. The molecular weight excluding hydrogens is 538 g/mol. The van der Waals surface area contributed by atoms with E-state index in [0.717, 1.165) is 12.2 Å². The highest BCUT2D eigenvalue weighted by Crippen LogP contribution is 2.28. The molecule has 6 nitrogen and oxygen atoms in total. The molecule has 210 valence electrons. The van der Waals surface area contributed by atoms with Gasteiger partial charge >= 0.3 is 6.18 Å². The van der Waals surface area contributed by atoms with Crippen LogP contribution < -0.4 is 0 Å². The quantitative estimate of drug-likeness (QED) is 0.105. The molecule has 1 saturated heterocycles. The molecule has 1 heterocycles. The molecule has 0 aliphatic carbocycles. The number of nitrogens with zero attached hydrogens (tertiary/aromatic N) is 5. The molecule has 38 heavy (non-hydrogen) atoms. The van der Waals surface area contributed by atoms with Gasteiger partial charge in [-0.15, -0.1) is 18.2 Å². The molecule has 1 rings (SSSR count). The van der Waals surface area contributed by atoms with Gasteiger partial charge in [0.2, 0.25) is 0 Å². The van der Waals surface area contributed by atoms with Gasteiger partial charge in [-0.25, -0.2) is 0 Å². The lowest BCUT2D eigenvalue weighted by Crippen LogP contribution is -2.52. The Morgan fingerprint density at radius 1 is 1.21 bits per heavy atom. The van der Waals surface area contributed by atoms with Gasteiger partial charge in [0.05, 0.1) is 24.2 Å². The average Bonchev–Trinajstić information content (AvgIpc) is 2.88. The predicted molar refractivity (Wildman–Crippen MR) is 150 cm³/mol. The molecule has 0 radical (unpaired) electrons. The summed E-state index contributed by atoms with van der Waals surface area (Å²) in [5, 5.41) is 19.7. The number of halogens is 5. The number of amidine groups is 1. The van der Waals surface area contributed by atoms with E-state index in [9.17, 15) is 18.3 Å². The first kappa shape index (κ1) is 33.7. The molecule has 1 aliphatic rings. The zero-order valence-corrected chi connectivity index (χ0v) is 23.6. The van der Waals surface area contributed by atoms with Crippen LogP contribution in [0.4, 0.5) is 13.2 Å². The summed E-state index contributed by atoms with van der Waals surface area (Å²) in [6, 6.07) is 2.06. The average molecular weight is 575 g/mol. The second-order valence-corrected chi connectivity index (χ2v) is 9.20. The van der Waals surface area contributed by atoms with E-state index < -0.39 is 23.9 Å². The second-order valence-electron chi connectivity index (χ2n) is 8.48. The van der Waals surface area contributed by atoms with E-state index in [0.29, 0.717) is 42.6 Å². The highest BCUT2D eigenvalue weighted by molar-refractivity contribution is 6.36. The zero-order valence-electron chi connectivity index (χ0n) is 22.1. The Morgan fingerprint density at radius 3 is 2.32 bits per heavy atom. The molecule has 0 spiro atoms. The smallest absolute Gasteiger partial charge is 0.377 e. The molecular formula is C27H36Cl2F3N5O. The van der Waals surface area contributed by atoms with Crippen molar-refractivity contribution in [1.29, 1.82) is 5.26 Å². The highest BCUT2D eigenvalue weighted by Gasteiger charge is 2.31. The van der Waals surface area contributed by atoms with Crippen molar-refractivity contribution >= 4 is 29.0 Å². The molecule has 0 amide bonds. The van der Waals surface area contributed by atoms with Crippen LogP contribution >= 0.6 is 23.2 Å².